The number of ether oxygens (including phenoxy) is 2. The van der Waals surface area contributed by atoms with Gasteiger partial charge >= 0.3 is 12.1 Å². The van der Waals surface area contributed by atoms with Gasteiger partial charge in [-0.15, -0.1) is 11.8 Å². The largest absolute Gasteiger partial charge is 0.447 e. The van der Waals surface area contributed by atoms with Gasteiger partial charge in [-0.25, -0.2) is 15.0 Å². The van der Waals surface area contributed by atoms with Crippen LogP contribution in [-0.4, -0.2) is 47.8 Å². The summed E-state index contributed by atoms with van der Waals surface area (Å²) in [6.45, 7) is 6.44. The molecule has 0 aromatic heterocycles. The van der Waals surface area contributed by atoms with Crippen LogP contribution >= 0.6 is 11.8 Å². The van der Waals surface area contributed by atoms with E-state index in [1.165, 1.54) is 11.8 Å². The lowest BCUT2D eigenvalue weighted by atomic mass is 10.1. The molecular weight excluding hydrogens is 392 g/mol. The lowest BCUT2D eigenvalue weighted by Crippen LogP contribution is -2.45. The van der Waals surface area contributed by atoms with Gasteiger partial charge in [0.05, 0.1) is 18.8 Å². The molecule has 1 fully saturated rings. The van der Waals surface area contributed by atoms with Crippen molar-refractivity contribution in [2.24, 2.45) is 5.10 Å². The maximum atomic E-state index is 12.0. The van der Waals surface area contributed by atoms with E-state index < -0.39 is 6.09 Å². The van der Waals surface area contributed by atoms with Crippen LogP contribution in [0.5, 0.6) is 0 Å². The van der Waals surface area contributed by atoms with Crippen LogP contribution in [0.4, 0.5) is 9.59 Å². The standard InChI is InChI=1S/C20H30N4O4S/c1-4-29-18(23-24-19(25)21-12-15-8-6-5-7-9-15)17-11-10-16(13-27-17)22-20(26)28-14(2)3/h5-9,14,16-17H,4,10-13H2,1-3H3,(H,22,26)(H2,21,24,25)/b23-18-/t16-,17+/m1/s1. The van der Waals surface area contributed by atoms with Crippen molar-refractivity contribution in [3.63, 3.8) is 0 Å². The Hall–Kier alpha value is -2.26. The minimum absolute atomic E-state index is 0.0903. The van der Waals surface area contributed by atoms with Crippen LogP contribution in [0.1, 0.15) is 39.2 Å². The van der Waals surface area contributed by atoms with Crippen molar-refractivity contribution in [1.29, 1.82) is 0 Å². The van der Waals surface area contributed by atoms with Crippen molar-refractivity contribution in [1.82, 2.24) is 16.1 Å². The summed E-state index contributed by atoms with van der Waals surface area (Å²) in [7, 11) is 0. The van der Waals surface area contributed by atoms with Crippen molar-refractivity contribution in [3.8, 4) is 0 Å². The zero-order valence-corrected chi connectivity index (χ0v) is 18.0. The van der Waals surface area contributed by atoms with Gasteiger partial charge in [0.1, 0.15) is 11.1 Å². The summed E-state index contributed by atoms with van der Waals surface area (Å²) in [5, 5.41) is 10.6. The fourth-order valence-electron chi connectivity index (χ4n) is 2.74. The fraction of sp³-hybridized carbons (Fsp3) is 0.550. The molecule has 9 heteroatoms. The molecule has 1 aliphatic heterocycles. The van der Waals surface area contributed by atoms with Crippen LogP contribution in [0.25, 0.3) is 0 Å². The first-order chi connectivity index (χ1) is 14.0. The molecule has 8 nitrogen and oxygen atoms in total. The minimum atomic E-state index is -0.430. The highest BCUT2D eigenvalue weighted by Crippen LogP contribution is 2.20. The van der Waals surface area contributed by atoms with Crippen LogP contribution in [-0.2, 0) is 16.0 Å². The van der Waals surface area contributed by atoms with E-state index in [-0.39, 0.29) is 24.3 Å². The normalized spacial score (nSPS) is 19.5. The van der Waals surface area contributed by atoms with Gasteiger partial charge < -0.3 is 20.1 Å². The van der Waals surface area contributed by atoms with Gasteiger partial charge in [0.25, 0.3) is 0 Å². The third-order valence-electron chi connectivity index (χ3n) is 4.07. The summed E-state index contributed by atoms with van der Waals surface area (Å²) < 4.78 is 11.0. The molecule has 0 bridgehead atoms. The summed E-state index contributed by atoms with van der Waals surface area (Å²) in [5.41, 5.74) is 3.56. The summed E-state index contributed by atoms with van der Waals surface area (Å²) in [6.07, 6.45) is 0.660. The van der Waals surface area contributed by atoms with Crippen LogP contribution in [0.15, 0.2) is 35.4 Å². The first-order valence-electron chi connectivity index (χ1n) is 9.84. The van der Waals surface area contributed by atoms with Crippen LogP contribution in [0.2, 0.25) is 0 Å². The average Bonchev–Trinajstić information content (AvgIpc) is 2.70. The second-order valence-electron chi connectivity index (χ2n) is 6.86. The number of amides is 3. The van der Waals surface area contributed by atoms with Crippen molar-refractivity contribution in [3.05, 3.63) is 35.9 Å². The molecule has 0 radical (unpaired) electrons. The maximum Gasteiger partial charge on any atom is 0.407 e. The topological polar surface area (TPSA) is 101 Å². The Bertz CT molecular complexity index is 676. The van der Waals surface area contributed by atoms with E-state index in [2.05, 4.69) is 21.2 Å². The molecule has 160 valence electrons. The Morgan fingerprint density at radius 3 is 2.66 bits per heavy atom. The third-order valence-corrected chi connectivity index (χ3v) is 5.01. The number of benzene rings is 1. The molecule has 1 aliphatic rings. The number of hydrogen-bond donors (Lipinski definition) is 3. The first-order valence-corrected chi connectivity index (χ1v) is 10.8. The quantitative estimate of drug-likeness (QED) is 0.356. The number of carbonyl (C=O) groups is 2. The summed E-state index contributed by atoms with van der Waals surface area (Å²) >= 11 is 1.53. The predicted molar refractivity (Wildman–Crippen MR) is 115 cm³/mol. The van der Waals surface area contributed by atoms with Gasteiger partial charge in [-0.1, -0.05) is 37.3 Å². The number of hydrogen-bond acceptors (Lipinski definition) is 6. The van der Waals surface area contributed by atoms with E-state index in [4.69, 9.17) is 9.47 Å². The lowest BCUT2D eigenvalue weighted by molar-refractivity contribution is 0.0331. The van der Waals surface area contributed by atoms with Crippen molar-refractivity contribution < 1.29 is 19.1 Å². The summed E-state index contributed by atoms with van der Waals surface area (Å²) in [4.78, 5) is 23.7. The molecule has 1 aromatic rings. The Morgan fingerprint density at radius 1 is 1.28 bits per heavy atom. The molecule has 3 amide bonds. The monoisotopic (exact) mass is 422 g/mol. The molecule has 0 saturated carbocycles. The van der Waals surface area contributed by atoms with Crippen molar-refractivity contribution in [2.45, 2.75) is 58.4 Å². The lowest BCUT2D eigenvalue weighted by Gasteiger charge is -2.29. The Kier molecular flexibility index (Phi) is 9.79. The molecule has 1 saturated heterocycles. The van der Waals surface area contributed by atoms with Gasteiger partial charge in [0.2, 0.25) is 0 Å². The molecule has 29 heavy (non-hydrogen) atoms. The molecular formula is C20H30N4O4S. The zero-order valence-electron chi connectivity index (χ0n) is 17.1. The highest BCUT2D eigenvalue weighted by molar-refractivity contribution is 8.14. The second-order valence-corrected chi connectivity index (χ2v) is 8.14. The van der Waals surface area contributed by atoms with Gasteiger partial charge in [-0.05, 0) is 38.0 Å². The first kappa shape index (κ1) is 23.0. The summed E-state index contributed by atoms with van der Waals surface area (Å²) in [6, 6.07) is 9.21. The second kappa shape index (κ2) is 12.3. The van der Waals surface area contributed by atoms with E-state index >= 15 is 0 Å². The Labute approximate surface area is 176 Å². The van der Waals surface area contributed by atoms with E-state index in [0.717, 1.165) is 22.8 Å². The number of hydrazone groups is 1. The highest BCUT2D eigenvalue weighted by atomic mass is 32.2. The number of nitrogens with one attached hydrogen (secondary N) is 3. The number of thioether (sulfide) groups is 1. The van der Waals surface area contributed by atoms with Gasteiger partial charge in [0, 0.05) is 6.54 Å². The minimum Gasteiger partial charge on any atom is -0.447 e. The molecule has 0 aliphatic carbocycles. The SMILES string of the molecule is CCS/C(=N\NC(=O)NCc1ccccc1)[C@@H]1CC[C@@H](NC(=O)OC(C)C)CO1. The van der Waals surface area contributed by atoms with E-state index in [1.807, 2.05) is 37.3 Å². The van der Waals surface area contributed by atoms with Crippen molar-refractivity contribution in [2.75, 3.05) is 12.4 Å². The number of alkyl carbamates (subject to hydrolysis) is 1. The van der Waals surface area contributed by atoms with Gasteiger partial charge in [0.15, 0.2) is 0 Å². The molecule has 1 heterocycles. The molecule has 1 aromatic carbocycles. The van der Waals surface area contributed by atoms with E-state index in [1.54, 1.807) is 13.8 Å². The van der Waals surface area contributed by atoms with E-state index in [0.29, 0.717) is 19.6 Å². The third kappa shape index (κ3) is 8.74. The zero-order chi connectivity index (χ0) is 21.1. The van der Waals surface area contributed by atoms with E-state index in [9.17, 15) is 9.59 Å². The van der Waals surface area contributed by atoms with Crippen LogP contribution < -0.4 is 16.1 Å². The number of nitrogens with zero attached hydrogens (tertiary/aromatic N) is 1. The number of rotatable bonds is 7. The number of urea groups is 1. The molecule has 0 spiro atoms. The summed E-state index contributed by atoms with van der Waals surface area (Å²) in [5.74, 6) is 0.814. The Balaban J connectivity index is 1.79. The molecule has 2 rings (SSSR count). The molecule has 3 N–H and O–H groups in total. The van der Waals surface area contributed by atoms with Crippen molar-refractivity contribution >= 4 is 28.9 Å². The van der Waals surface area contributed by atoms with Gasteiger partial charge in [-0.3, -0.25) is 0 Å². The molecule has 0 unspecified atom stereocenters. The van der Waals surface area contributed by atoms with Crippen LogP contribution in [0.3, 0.4) is 0 Å². The smallest absolute Gasteiger partial charge is 0.407 e. The number of carbonyl (C=O) groups excluding carboxylic acids is 2. The Morgan fingerprint density at radius 2 is 2.03 bits per heavy atom. The highest BCUT2D eigenvalue weighted by Gasteiger charge is 2.27. The van der Waals surface area contributed by atoms with Crippen LogP contribution in [0, 0.1) is 0 Å². The van der Waals surface area contributed by atoms with Gasteiger partial charge in [-0.2, -0.15) is 5.10 Å². The molecule has 2 atom stereocenters. The average molecular weight is 423 g/mol. The maximum absolute atomic E-state index is 12.0. The predicted octanol–water partition coefficient (Wildman–Crippen LogP) is 3.23. The fourth-order valence-corrected chi connectivity index (χ4v) is 3.52.